The van der Waals surface area contributed by atoms with Crippen molar-refractivity contribution < 1.29 is 20.1 Å². The molecule has 3 heterocycles. The van der Waals surface area contributed by atoms with Crippen LogP contribution in [0.4, 0.5) is 0 Å². The Morgan fingerprint density at radius 3 is 2.24 bits per heavy atom. The fourth-order valence-corrected chi connectivity index (χ4v) is 8.12. The van der Waals surface area contributed by atoms with Crippen LogP contribution >= 0.6 is 0 Å². The van der Waals surface area contributed by atoms with Crippen molar-refractivity contribution in [3.63, 3.8) is 0 Å². The first-order valence-corrected chi connectivity index (χ1v) is 14.2. The van der Waals surface area contributed by atoms with Gasteiger partial charge in [-0.1, -0.05) is 59.4 Å². The van der Waals surface area contributed by atoms with Gasteiger partial charge in [0.1, 0.15) is 8.07 Å². The van der Waals surface area contributed by atoms with Crippen LogP contribution in [0.25, 0.3) is 43.7 Å². The summed E-state index contributed by atoms with van der Waals surface area (Å²) in [5.41, 5.74) is 3.14. The van der Waals surface area contributed by atoms with Crippen molar-refractivity contribution in [2.45, 2.75) is 13.1 Å². The van der Waals surface area contributed by atoms with Gasteiger partial charge in [0.2, 0.25) is 0 Å². The van der Waals surface area contributed by atoms with Gasteiger partial charge in [-0.05, 0) is 39.3 Å². The Labute approximate surface area is 214 Å². The van der Waals surface area contributed by atoms with Crippen LogP contribution in [-0.4, -0.2) is 18.0 Å². The van der Waals surface area contributed by atoms with Gasteiger partial charge < -0.3 is 9.97 Å². The molecule has 4 aromatic carbocycles. The van der Waals surface area contributed by atoms with E-state index in [0.29, 0.717) is 0 Å². The van der Waals surface area contributed by atoms with Crippen molar-refractivity contribution >= 4 is 50.9 Å². The summed E-state index contributed by atoms with van der Waals surface area (Å²) in [5, 5.41) is 9.70. The van der Waals surface area contributed by atoms with E-state index in [1.165, 1.54) is 26.7 Å². The van der Waals surface area contributed by atoms with Crippen LogP contribution in [0.3, 0.4) is 0 Å². The molecule has 0 atom stereocenters. The Hall–Kier alpha value is -3.17. The van der Waals surface area contributed by atoms with Crippen molar-refractivity contribution in [1.29, 1.82) is 0 Å². The zero-order valence-corrected chi connectivity index (χ0v) is 22.4. The molecule has 0 bridgehead atoms. The molecule has 1 aliphatic heterocycles. The maximum absolute atomic E-state index is 4.71. The first kappa shape index (κ1) is 22.6. The Balaban J connectivity index is 0.000000159. The van der Waals surface area contributed by atoms with E-state index in [1.54, 1.807) is 11.4 Å². The van der Waals surface area contributed by atoms with Gasteiger partial charge in [-0.15, -0.1) is 65.5 Å². The van der Waals surface area contributed by atoms with Crippen molar-refractivity contribution in [1.82, 2.24) is 9.97 Å². The molecule has 0 unspecified atom stereocenters. The first-order chi connectivity index (χ1) is 16.2. The molecule has 6 aromatic rings. The monoisotopic (exact) mass is 631 g/mol. The van der Waals surface area contributed by atoms with Gasteiger partial charge in [-0.25, -0.2) is 0 Å². The summed E-state index contributed by atoms with van der Waals surface area (Å²) < 4.78 is 0. The number of aromatic nitrogens is 2. The SMILES string of the molecule is C[Si]1(C)c2cccc3c4ccc[c-]c4c4nccc1c4c23.[Ir].[c-]1ccccc1-c1ccccn1. The quantitative estimate of drug-likeness (QED) is 0.126. The molecule has 167 valence electrons. The van der Waals surface area contributed by atoms with Crippen LogP contribution in [-0.2, 0) is 20.1 Å². The molecule has 0 fully saturated rings. The maximum Gasteiger partial charge on any atom is 0.112 e. The molecule has 0 N–H and O–H groups in total. The molecule has 0 saturated heterocycles. The number of nitrogens with zero attached hydrogens (tertiary/aromatic N) is 2. The normalized spacial score (nSPS) is 13.0. The van der Waals surface area contributed by atoms with Gasteiger partial charge in [0.25, 0.3) is 0 Å². The van der Waals surface area contributed by atoms with Crippen LogP contribution in [0, 0.1) is 12.1 Å². The van der Waals surface area contributed by atoms with Gasteiger partial charge in [-0.2, -0.15) is 0 Å². The third-order valence-electron chi connectivity index (χ3n) is 6.65. The van der Waals surface area contributed by atoms with Gasteiger partial charge in [-0.3, -0.25) is 0 Å². The molecule has 2 aromatic heterocycles. The number of benzene rings is 4. The maximum atomic E-state index is 4.71. The molecule has 4 heteroatoms. The topological polar surface area (TPSA) is 25.8 Å². The third kappa shape index (κ3) is 3.50. The largest absolute Gasteiger partial charge is 0.305 e. The average molecular weight is 631 g/mol. The Morgan fingerprint density at radius 2 is 1.44 bits per heavy atom. The first-order valence-electron chi connectivity index (χ1n) is 11.2. The molecule has 0 aliphatic carbocycles. The minimum Gasteiger partial charge on any atom is -0.305 e. The van der Waals surface area contributed by atoms with Crippen molar-refractivity contribution in [3.8, 4) is 11.3 Å². The summed E-state index contributed by atoms with van der Waals surface area (Å²) in [6, 6.07) is 35.5. The smallest absolute Gasteiger partial charge is 0.112 e. The van der Waals surface area contributed by atoms with Gasteiger partial charge in [0.15, 0.2) is 0 Å². The molecule has 1 aliphatic rings. The Kier molecular flexibility index (Phi) is 5.91. The number of fused-ring (bicyclic) bond motifs is 3. The number of pyridine rings is 2. The van der Waals surface area contributed by atoms with Crippen LogP contribution in [0.2, 0.25) is 13.1 Å². The van der Waals surface area contributed by atoms with Crippen LogP contribution in [0.1, 0.15) is 0 Å². The van der Waals surface area contributed by atoms with Crippen molar-refractivity contribution in [2.75, 3.05) is 0 Å². The predicted molar refractivity (Wildman–Crippen MR) is 141 cm³/mol. The summed E-state index contributed by atoms with van der Waals surface area (Å²) in [6.07, 6.45) is 3.76. The third-order valence-corrected chi connectivity index (χ3v) is 10.2. The molecule has 0 amide bonds. The number of hydrogen-bond donors (Lipinski definition) is 0. The molecule has 7 rings (SSSR count). The molecule has 0 saturated carbocycles. The second-order valence-electron chi connectivity index (χ2n) is 8.89. The fraction of sp³-hybridized carbons (Fsp3) is 0.0667. The van der Waals surface area contributed by atoms with E-state index in [2.05, 4.69) is 66.6 Å². The van der Waals surface area contributed by atoms with Crippen LogP contribution < -0.4 is 10.4 Å². The standard InChI is InChI=1S/C19H14NSi.C11H8N.Ir/c1-21(2)15-9-5-8-13-12-6-3-4-7-14(12)19-18(17(13)15)16(21)10-11-20-19;1-2-6-10(7-3-1)11-8-4-5-9-12-11;/h3-6,8-11H,1-2H3;1-6,8-9H;/q2*-1;. The molecule has 0 spiro atoms. The minimum absolute atomic E-state index is 0. The van der Waals surface area contributed by atoms with Gasteiger partial charge >= 0.3 is 0 Å². The Bertz CT molecular complexity index is 1510. The van der Waals surface area contributed by atoms with Crippen LogP contribution in [0.5, 0.6) is 0 Å². The minimum atomic E-state index is -1.60. The summed E-state index contributed by atoms with van der Waals surface area (Å²) in [5.74, 6) is 0. The second-order valence-corrected chi connectivity index (χ2v) is 13.2. The summed E-state index contributed by atoms with van der Waals surface area (Å²) in [4.78, 5) is 8.93. The van der Waals surface area contributed by atoms with E-state index in [-0.39, 0.29) is 20.1 Å². The van der Waals surface area contributed by atoms with Gasteiger partial charge in [0, 0.05) is 32.5 Å². The van der Waals surface area contributed by atoms with E-state index >= 15 is 0 Å². The number of rotatable bonds is 1. The van der Waals surface area contributed by atoms with E-state index in [1.807, 2.05) is 54.7 Å². The molecular formula is C30H22IrN2Si-2. The van der Waals surface area contributed by atoms with Crippen molar-refractivity contribution in [3.05, 3.63) is 109 Å². The summed E-state index contributed by atoms with van der Waals surface area (Å²) >= 11 is 0. The molecule has 34 heavy (non-hydrogen) atoms. The van der Waals surface area contributed by atoms with E-state index < -0.39 is 8.07 Å². The van der Waals surface area contributed by atoms with E-state index in [9.17, 15) is 0 Å². The Morgan fingerprint density at radius 1 is 0.647 bits per heavy atom. The van der Waals surface area contributed by atoms with Gasteiger partial charge in [0.05, 0.1) is 0 Å². The number of hydrogen-bond acceptors (Lipinski definition) is 2. The predicted octanol–water partition coefficient (Wildman–Crippen LogP) is 6.02. The van der Waals surface area contributed by atoms with Crippen molar-refractivity contribution in [2.24, 2.45) is 0 Å². The second kappa shape index (κ2) is 8.88. The average Bonchev–Trinajstić information content (AvgIpc) is 3.13. The molecule has 2 nitrogen and oxygen atoms in total. The van der Waals surface area contributed by atoms with E-state index in [4.69, 9.17) is 4.98 Å². The molecule has 1 radical (unpaired) electrons. The summed E-state index contributed by atoms with van der Waals surface area (Å²) in [7, 11) is -1.60. The molecular weight excluding hydrogens is 609 g/mol. The fourth-order valence-electron chi connectivity index (χ4n) is 5.07. The zero-order chi connectivity index (χ0) is 22.4. The van der Waals surface area contributed by atoms with E-state index in [0.717, 1.165) is 22.2 Å². The summed E-state index contributed by atoms with van der Waals surface area (Å²) in [6.45, 7) is 4.90. The van der Waals surface area contributed by atoms with Crippen LogP contribution in [0.15, 0.2) is 97.3 Å². The zero-order valence-electron chi connectivity index (χ0n) is 19.0.